The van der Waals surface area contributed by atoms with Crippen molar-refractivity contribution < 1.29 is 14.3 Å². The van der Waals surface area contributed by atoms with Crippen molar-refractivity contribution in [1.82, 2.24) is 0 Å². The first-order valence-corrected chi connectivity index (χ1v) is 7.20. The third-order valence-electron chi connectivity index (χ3n) is 2.84. The van der Waals surface area contributed by atoms with E-state index in [0.29, 0.717) is 27.8 Å². The molecule has 110 valence electrons. The topological polar surface area (TPSA) is 47.6 Å². The zero-order valence-corrected chi connectivity index (χ0v) is 13.8. The van der Waals surface area contributed by atoms with Gasteiger partial charge in [-0.1, -0.05) is 11.6 Å². The number of benzene rings is 2. The number of halogens is 2. The van der Waals surface area contributed by atoms with Crippen LogP contribution in [-0.2, 0) is 0 Å². The summed E-state index contributed by atoms with van der Waals surface area (Å²) in [5, 5.41) is 3.26. The van der Waals surface area contributed by atoms with Gasteiger partial charge >= 0.3 is 0 Å². The lowest BCUT2D eigenvalue weighted by Gasteiger charge is -2.12. The van der Waals surface area contributed by atoms with Gasteiger partial charge < -0.3 is 14.8 Å². The van der Waals surface area contributed by atoms with Crippen molar-refractivity contribution in [2.45, 2.75) is 0 Å². The van der Waals surface area contributed by atoms with E-state index in [4.69, 9.17) is 21.1 Å². The molecule has 0 aliphatic rings. The second-order valence-electron chi connectivity index (χ2n) is 4.15. The molecule has 4 nitrogen and oxygen atoms in total. The van der Waals surface area contributed by atoms with Crippen LogP contribution in [0.2, 0.25) is 5.02 Å². The van der Waals surface area contributed by atoms with Gasteiger partial charge in [-0.25, -0.2) is 0 Å². The Morgan fingerprint density at radius 2 is 1.90 bits per heavy atom. The minimum absolute atomic E-state index is 0.270. The van der Waals surface area contributed by atoms with Gasteiger partial charge in [0.15, 0.2) is 0 Å². The lowest BCUT2D eigenvalue weighted by atomic mass is 10.2. The molecule has 0 saturated heterocycles. The minimum atomic E-state index is -0.270. The van der Waals surface area contributed by atoms with Gasteiger partial charge in [0.1, 0.15) is 11.5 Å². The van der Waals surface area contributed by atoms with Gasteiger partial charge in [0, 0.05) is 16.1 Å². The Bertz CT molecular complexity index is 676. The molecule has 0 aliphatic carbocycles. The molecule has 0 saturated carbocycles. The number of anilines is 1. The molecule has 2 aromatic carbocycles. The summed E-state index contributed by atoms with van der Waals surface area (Å²) in [6.07, 6.45) is 0. The van der Waals surface area contributed by atoms with Crippen molar-refractivity contribution in [3.63, 3.8) is 0 Å². The third-order valence-corrected chi connectivity index (χ3v) is 4.07. The number of hydrogen-bond acceptors (Lipinski definition) is 3. The highest BCUT2D eigenvalue weighted by molar-refractivity contribution is 9.10. The highest BCUT2D eigenvalue weighted by Crippen LogP contribution is 2.30. The van der Waals surface area contributed by atoms with Crippen LogP contribution in [0.25, 0.3) is 0 Å². The van der Waals surface area contributed by atoms with Gasteiger partial charge in [-0.3, -0.25) is 4.79 Å². The van der Waals surface area contributed by atoms with Crippen molar-refractivity contribution >= 4 is 39.1 Å². The van der Waals surface area contributed by atoms with E-state index in [0.717, 1.165) is 4.47 Å². The zero-order valence-electron chi connectivity index (χ0n) is 11.4. The highest BCUT2D eigenvalue weighted by Gasteiger charge is 2.12. The molecule has 0 spiro atoms. The van der Waals surface area contributed by atoms with E-state index >= 15 is 0 Å². The molecular weight excluding hydrogens is 358 g/mol. The fraction of sp³-hybridized carbons (Fsp3) is 0.133. The number of carbonyl (C=O) groups is 1. The molecule has 0 aromatic heterocycles. The molecule has 21 heavy (non-hydrogen) atoms. The first-order valence-electron chi connectivity index (χ1n) is 6.03. The number of hydrogen-bond donors (Lipinski definition) is 1. The number of ether oxygens (including phenoxy) is 2. The summed E-state index contributed by atoms with van der Waals surface area (Å²) in [7, 11) is 3.10. The van der Waals surface area contributed by atoms with Gasteiger partial charge in [0.05, 0.1) is 24.9 Å². The van der Waals surface area contributed by atoms with E-state index in [1.807, 2.05) is 0 Å². The molecule has 2 aromatic rings. The molecular formula is C15H13BrClNO3. The molecule has 0 bridgehead atoms. The number of amides is 1. The largest absolute Gasteiger partial charge is 0.497 e. The standard InChI is InChI=1S/C15H13BrClNO3/c1-20-10-4-6-13(14(8-10)21-2)18-15(19)9-3-5-11(16)12(17)7-9/h3-8H,1-2H3,(H,18,19). The average Bonchev–Trinajstić information content (AvgIpc) is 2.50. The molecule has 6 heteroatoms. The Balaban J connectivity index is 2.24. The van der Waals surface area contributed by atoms with E-state index in [-0.39, 0.29) is 5.91 Å². The van der Waals surface area contributed by atoms with Crippen LogP contribution in [0.1, 0.15) is 10.4 Å². The summed E-state index contributed by atoms with van der Waals surface area (Å²) in [6, 6.07) is 10.2. The van der Waals surface area contributed by atoms with Crippen molar-refractivity contribution in [1.29, 1.82) is 0 Å². The SMILES string of the molecule is COc1ccc(NC(=O)c2ccc(Br)c(Cl)c2)c(OC)c1. The van der Waals surface area contributed by atoms with Crippen LogP contribution in [0.3, 0.4) is 0 Å². The summed E-state index contributed by atoms with van der Waals surface area (Å²) in [5.74, 6) is 0.898. The quantitative estimate of drug-likeness (QED) is 0.869. The molecule has 0 unspecified atom stereocenters. The monoisotopic (exact) mass is 369 g/mol. The molecule has 2 rings (SSSR count). The van der Waals surface area contributed by atoms with Crippen molar-refractivity contribution in [3.05, 3.63) is 51.5 Å². The predicted octanol–water partition coefficient (Wildman–Crippen LogP) is 4.37. The van der Waals surface area contributed by atoms with Crippen LogP contribution in [-0.4, -0.2) is 20.1 Å². The van der Waals surface area contributed by atoms with Gasteiger partial charge in [-0.05, 0) is 46.3 Å². The van der Waals surface area contributed by atoms with E-state index in [9.17, 15) is 4.79 Å². The molecule has 0 aliphatic heterocycles. The van der Waals surface area contributed by atoms with Gasteiger partial charge in [0.2, 0.25) is 0 Å². The molecule has 1 amide bonds. The summed E-state index contributed by atoms with van der Waals surface area (Å²) >= 11 is 9.28. The summed E-state index contributed by atoms with van der Waals surface area (Å²) in [5.41, 5.74) is 1.02. The molecule has 1 N–H and O–H groups in total. The number of carbonyl (C=O) groups excluding carboxylic acids is 1. The lowest BCUT2D eigenvalue weighted by molar-refractivity contribution is 0.102. The number of methoxy groups -OCH3 is 2. The summed E-state index contributed by atoms with van der Waals surface area (Å²) in [6.45, 7) is 0. The zero-order chi connectivity index (χ0) is 15.4. The normalized spacial score (nSPS) is 10.1. The first-order chi connectivity index (χ1) is 10.0. The summed E-state index contributed by atoms with van der Waals surface area (Å²) in [4.78, 5) is 12.2. The maximum Gasteiger partial charge on any atom is 0.255 e. The Kier molecular flexibility index (Phi) is 5.09. The van der Waals surface area contributed by atoms with E-state index < -0.39 is 0 Å². The second-order valence-corrected chi connectivity index (χ2v) is 5.41. The van der Waals surface area contributed by atoms with E-state index in [1.54, 1.807) is 43.5 Å². The Labute approximate surface area is 136 Å². The first kappa shape index (κ1) is 15.7. The van der Waals surface area contributed by atoms with Crippen LogP contribution in [0, 0.1) is 0 Å². The molecule has 0 heterocycles. The summed E-state index contributed by atoms with van der Waals surface area (Å²) < 4.78 is 11.1. The van der Waals surface area contributed by atoms with Crippen molar-refractivity contribution in [2.24, 2.45) is 0 Å². The van der Waals surface area contributed by atoms with Crippen LogP contribution < -0.4 is 14.8 Å². The highest BCUT2D eigenvalue weighted by atomic mass is 79.9. The van der Waals surface area contributed by atoms with Gasteiger partial charge in [0.25, 0.3) is 5.91 Å². The maximum atomic E-state index is 12.2. The number of rotatable bonds is 4. The Morgan fingerprint density at radius 3 is 2.52 bits per heavy atom. The molecule has 0 radical (unpaired) electrons. The van der Waals surface area contributed by atoms with Crippen LogP contribution in [0.15, 0.2) is 40.9 Å². The van der Waals surface area contributed by atoms with E-state index in [1.165, 1.54) is 7.11 Å². The molecule has 0 fully saturated rings. The third kappa shape index (κ3) is 3.68. The number of nitrogens with one attached hydrogen (secondary N) is 1. The fourth-order valence-electron chi connectivity index (χ4n) is 1.73. The van der Waals surface area contributed by atoms with Crippen molar-refractivity contribution in [2.75, 3.05) is 19.5 Å². The fourth-order valence-corrected chi connectivity index (χ4v) is 2.16. The van der Waals surface area contributed by atoms with Gasteiger partial charge in [-0.15, -0.1) is 0 Å². The molecule has 0 atom stereocenters. The average molecular weight is 371 g/mol. The maximum absolute atomic E-state index is 12.2. The van der Waals surface area contributed by atoms with Crippen molar-refractivity contribution in [3.8, 4) is 11.5 Å². The minimum Gasteiger partial charge on any atom is -0.497 e. The Hall–Kier alpha value is -1.72. The Morgan fingerprint density at radius 1 is 1.14 bits per heavy atom. The smallest absolute Gasteiger partial charge is 0.255 e. The predicted molar refractivity (Wildman–Crippen MR) is 86.7 cm³/mol. The van der Waals surface area contributed by atoms with Crippen LogP contribution >= 0.6 is 27.5 Å². The van der Waals surface area contributed by atoms with E-state index in [2.05, 4.69) is 21.2 Å². The second kappa shape index (κ2) is 6.83. The van der Waals surface area contributed by atoms with Gasteiger partial charge in [-0.2, -0.15) is 0 Å². The van der Waals surface area contributed by atoms with Crippen LogP contribution in [0.4, 0.5) is 5.69 Å². The van der Waals surface area contributed by atoms with Crippen LogP contribution in [0.5, 0.6) is 11.5 Å². The lowest BCUT2D eigenvalue weighted by Crippen LogP contribution is -2.12.